The van der Waals surface area contributed by atoms with Crippen LogP contribution in [-0.4, -0.2) is 91.7 Å². The molecule has 3 fully saturated rings. The van der Waals surface area contributed by atoms with E-state index in [-0.39, 0.29) is 17.7 Å². The third kappa shape index (κ3) is 4.44. The van der Waals surface area contributed by atoms with E-state index in [0.29, 0.717) is 13.1 Å². The minimum absolute atomic E-state index is 0.0798. The normalized spacial score (nSPS) is 30.5. The first-order chi connectivity index (χ1) is 12.6. The number of urea groups is 1. The summed E-state index contributed by atoms with van der Waals surface area (Å²) >= 11 is 0. The Morgan fingerprint density at radius 2 is 2.15 bits per heavy atom. The summed E-state index contributed by atoms with van der Waals surface area (Å²) in [6.07, 6.45) is -1.05. The Bertz CT molecular complexity index is 702. The molecule has 2 unspecified atom stereocenters. The number of nitrogens with zero attached hydrogens (tertiary/aromatic N) is 2. The Hall–Kier alpha value is -1.65. The predicted molar refractivity (Wildman–Crippen MR) is 82.5 cm³/mol. The number of fused-ring (bicyclic) bond motifs is 2. The summed E-state index contributed by atoms with van der Waals surface area (Å²) in [7, 11) is -5.19. The number of piperidine rings is 1. The van der Waals surface area contributed by atoms with Crippen molar-refractivity contribution in [2.24, 2.45) is 0 Å². The van der Waals surface area contributed by atoms with Gasteiger partial charge in [-0.05, 0) is 0 Å². The topological polar surface area (TPSA) is 150 Å². The average Bonchev–Trinajstić information content (AvgIpc) is 2.86. The van der Waals surface area contributed by atoms with E-state index in [4.69, 9.17) is 9.39 Å². The number of nitrogens with one attached hydrogen (secondary N) is 3. The van der Waals surface area contributed by atoms with Crippen LogP contribution in [0.3, 0.4) is 0 Å². The highest BCUT2D eigenvalue weighted by Gasteiger charge is 2.62. The van der Waals surface area contributed by atoms with Crippen molar-refractivity contribution in [3.05, 3.63) is 0 Å². The Morgan fingerprint density at radius 3 is 2.78 bits per heavy atom. The van der Waals surface area contributed by atoms with Crippen LogP contribution in [0.4, 0.5) is 13.6 Å². The van der Waals surface area contributed by atoms with Crippen LogP contribution in [-0.2, 0) is 24.3 Å². The minimum Gasteiger partial charge on any atom is -0.314 e. The molecule has 0 radical (unpaired) electrons. The van der Waals surface area contributed by atoms with Crippen LogP contribution in [0.15, 0.2) is 0 Å². The smallest absolute Gasteiger partial charge is 0.314 e. The second-order valence-corrected chi connectivity index (χ2v) is 7.40. The van der Waals surface area contributed by atoms with Crippen molar-refractivity contribution in [3.63, 3.8) is 0 Å². The maximum Gasteiger partial charge on any atom is 0.418 e. The van der Waals surface area contributed by atoms with E-state index in [1.54, 1.807) is 0 Å². The van der Waals surface area contributed by atoms with E-state index >= 15 is 0 Å². The van der Waals surface area contributed by atoms with Gasteiger partial charge in [0.1, 0.15) is 12.1 Å². The highest BCUT2D eigenvalue weighted by atomic mass is 32.3. The first-order valence-electron chi connectivity index (χ1n) is 8.09. The molecule has 0 saturated carbocycles. The molecule has 3 atom stereocenters. The summed E-state index contributed by atoms with van der Waals surface area (Å²) in [5.74, 6) is -4.59. The molecule has 3 rings (SSSR count). The van der Waals surface area contributed by atoms with E-state index in [1.165, 1.54) is 0 Å². The number of piperazine rings is 1. The zero-order valence-corrected chi connectivity index (χ0v) is 14.7. The van der Waals surface area contributed by atoms with Gasteiger partial charge in [0.05, 0.1) is 13.2 Å². The van der Waals surface area contributed by atoms with Gasteiger partial charge in [-0.3, -0.25) is 14.2 Å². The second kappa shape index (κ2) is 7.40. The van der Waals surface area contributed by atoms with Crippen molar-refractivity contribution >= 4 is 22.3 Å². The fourth-order valence-electron chi connectivity index (χ4n) is 3.20. The number of hydrogen-bond donors (Lipinski definition) is 4. The first kappa shape index (κ1) is 20.1. The van der Waals surface area contributed by atoms with E-state index < -0.39 is 53.3 Å². The van der Waals surface area contributed by atoms with Gasteiger partial charge in [0.2, 0.25) is 0 Å². The molecule has 4 N–H and O–H groups in total. The summed E-state index contributed by atoms with van der Waals surface area (Å²) in [4.78, 5) is 30.2. The highest BCUT2D eigenvalue weighted by molar-refractivity contribution is 7.80. The van der Waals surface area contributed by atoms with Gasteiger partial charge in [-0.25, -0.2) is 19.1 Å². The number of carbonyl (C=O) groups is 2. The molecule has 0 aromatic carbocycles. The van der Waals surface area contributed by atoms with Crippen molar-refractivity contribution in [2.75, 3.05) is 32.8 Å². The Balaban J connectivity index is 1.62. The zero-order valence-electron chi connectivity index (χ0n) is 13.9. The van der Waals surface area contributed by atoms with Crippen LogP contribution in [0.1, 0.15) is 6.42 Å². The third-order valence-corrected chi connectivity index (χ3v) is 4.83. The van der Waals surface area contributed by atoms with Gasteiger partial charge in [0.15, 0.2) is 0 Å². The van der Waals surface area contributed by atoms with E-state index in [9.17, 15) is 26.8 Å². The van der Waals surface area contributed by atoms with Crippen molar-refractivity contribution in [1.82, 2.24) is 26.1 Å². The third-order valence-electron chi connectivity index (χ3n) is 4.48. The summed E-state index contributed by atoms with van der Waals surface area (Å²) in [5, 5.41) is 6.10. The Kier molecular flexibility index (Phi) is 5.51. The van der Waals surface area contributed by atoms with Gasteiger partial charge < -0.3 is 15.5 Å². The van der Waals surface area contributed by atoms with Gasteiger partial charge in [0, 0.05) is 32.1 Å². The molecule has 3 aliphatic rings. The van der Waals surface area contributed by atoms with Crippen LogP contribution in [0, 0.1) is 0 Å². The lowest BCUT2D eigenvalue weighted by Crippen LogP contribution is -2.57. The van der Waals surface area contributed by atoms with Gasteiger partial charge in [0.25, 0.3) is 11.8 Å². The predicted octanol–water partition coefficient (Wildman–Crippen LogP) is -2.16. The molecule has 3 saturated heterocycles. The van der Waals surface area contributed by atoms with Crippen LogP contribution in [0.2, 0.25) is 0 Å². The van der Waals surface area contributed by atoms with Crippen molar-refractivity contribution in [3.8, 4) is 0 Å². The van der Waals surface area contributed by atoms with Crippen molar-refractivity contribution in [1.29, 1.82) is 0 Å². The molecule has 0 aromatic heterocycles. The largest absolute Gasteiger partial charge is 0.418 e. The lowest BCUT2D eigenvalue weighted by molar-refractivity contribution is -0.159. The van der Waals surface area contributed by atoms with Crippen LogP contribution >= 0.6 is 0 Å². The molecule has 12 nitrogen and oxygen atoms in total. The van der Waals surface area contributed by atoms with Crippen LogP contribution in [0.25, 0.3) is 0 Å². The van der Waals surface area contributed by atoms with Crippen LogP contribution < -0.4 is 16.1 Å². The molecular weight excluding hydrogens is 396 g/mol. The van der Waals surface area contributed by atoms with Crippen LogP contribution in [0.5, 0.6) is 0 Å². The molecule has 0 aliphatic carbocycles. The molecule has 154 valence electrons. The average molecular weight is 415 g/mol. The molecule has 3 aliphatic heterocycles. The van der Waals surface area contributed by atoms with Crippen molar-refractivity contribution in [2.45, 2.75) is 30.5 Å². The lowest BCUT2D eigenvalue weighted by Gasteiger charge is -2.34. The number of carbonyl (C=O) groups excluding carboxylic acids is 2. The molecular formula is C12H19F2N5O7S. The van der Waals surface area contributed by atoms with Gasteiger partial charge in [-0.1, -0.05) is 0 Å². The zero-order chi connectivity index (χ0) is 19.8. The van der Waals surface area contributed by atoms with Gasteiger partial charge >= 0.3 is 16.4 Å². The molecule has 3 heterocycles. The second-order valence-electron chi connectivity index (χ2n) is 6.39. The van der Waals surface area contributed by atoms with Gasteiger partial charge in [-0.15, -0.1) is 4.28 Å². The van der Waals surface area contributed by atoms with Crippen molar-refractivity contribution < 1.29 is 40.5 Å². The Labute approximate surface area is 153 Å². The van der Waals surface area contributed by atoms with Gasteiger partial charge in [-0.2, -0.15) is 13.5 Å². The maximum atomic E-state index is 14.3. The fourth-order valence-corrected chi connectivity index (χ4v) is 3.57. The quantitative estimate of drug-likeness (QED) is 0.281. The fraction of sp³-hybridized carbons (Fsp3) is 0.833. The van der Waals surface area contributed by atoms with E-state index in [2.05, 4.69) is 14.9 Å². The molecule has 27 heavy (non-hydrogen) atoms. The summed E-state index contributed by atoms with van der Waals surface area (Å²) in [6, 6.07) is -4.89. The number of hydrogen-bond acceptors (Lipinski definition) is 8. The Morgan fingerprint density at radius 1 is 1.41 bits per heavy atom. The van der Waals surface area contributed by atoms with E-state index in [1.807, 2.05) is 5.48 Å². The number of amides is 3. The summed E-state index contributed by atoms with van der Waals surface area (Å²) < 4.78 is 62.9. The molecule has 0 spiro atoms. The molecule has 0 aromatic rings. The minimum atomic E-state index is -5.19. The highest BCUT2D eigenvalue weighted by Crippen LogP contribution is 2.40. The SMILES string of the molecule is O=C(NOCC1CNCCN1)[C@@H]1CC(F)(F)C2CN1C(=O)N2OS(=O)(=O)O. The molecule has 2 bridgehead atoms. The monoisotopic (exact) mass is 415 g/mol. The number of hydroxylamine groups is 3. The molecule has 3 amide bonds. The number of rotatable bonds is 6. The molecule has 15 heteroatoms. The summed E-state index contributed by atoms with van der Waals surface area (Å²) in [6.45, 7) is 1.54. The maximum absolute atomic E-state index is 14.3. The standard InChI is InChI=1S/C12H19F2N5O7S/c13-12(14)3-8(10(20)17-25-6-7-4-15-1-2-16-7)18-5-9(12)19(11(18)21)26-27(22,23)24/h7-9,15-16H,1-6H2,(H,17,20)(H,22,23,24)/t7?,8-,9?/m0/s1. The number of alkyl halides is 2. The number of halogens is 2. The lowest BCUT2D eigenvalue weighted by atomic mass is 9.96. The summed E-state index contributed by atoms with van der Waals surface area (Å²) in [5.41, 5.74) is 2.04. The first-order valence-corrected chi connectivity index (χ1v) is 9.45. The van der Waals surface area contributed by atoms with E-state index in [0.717, 1.165) is 11.4 Å².